The van der Waals surface area contributed by atoms with E-state index < -0.39 is 0 Å². The molecule has 3 heteroatoms. The SMILES string of the molecule is CCCn1c2ccc(Br)cc2c2cc(Br)ccc21. The van der Waals surface area contributed by atoms with Crippen LogP contribution < -0.4 is 0 Å². The van der Waals surface area contributed by atoms with Gasteiger partial charge in [0.2, 0.25) is 0 Å². The van der Waals surface area contributed by atoms with Crippen LogP contribution in [-0.4, -0.2) is 4.57 Å². The zero-order valence-electron chi connectivity index (χ0n) is 10.1. The lowest BCUT2D eigenvalue weighted by Gasteiger charge is -2.04. The molecule has 0 saturated carbocycles. The number of benzene rings is 2. The highest BCUT2D eigenvalue weighted by Gasteiger charge is 2.10. The molecule has 1 nitrogen and oxygen atoms in total. The molecule has 0 fully saturated rings. The van der Waals surface area contributed by atoms with Crippen LogP contribution >= 0.6 is 31.9 Å². The van der Waals surface area contributed by atoms with Crippen molar-refractivity contribution in [1.29, 1.82) is 0 Å². The van der Waals surface area contributed by atoms with E-state index in [-0.39, 0.29) is 0 Å². The molecular weight excluding hydrogens is 354 g/mol. The number of aryl methyl sites for hydroxylation is 1. The van der Waals surface area contributed by atoms with E-state index in [1.807, 2.05) is 0 Å². The van der Waals surface area contributed by atoms with Gasteiger partial charge in [-0.25, -0.2) is 0 Å². The van der Waals surface area contributed by atoms with Gasteiger partial charge in [0.15, 0.2) is 0 Å². The molecule has 0 radical (unpaired) electrons. The molecule has 18 heavy (non-hydrogen) atoms. The molecule has 0 bridgehead atoms. The van der Waals surface area contributed by atoms with Crippen LogP contribution in [0.2, 0.25) is 0 Å². The second-order valence-electron chi connectivity index (χ2n) is 4.47. The van der Waals surface area contributed by atoms with Gasteiger partial charge in [0.25, 0.3) is 0 Å². The van der Waals surface area contributed by atoms with Gasteiger partial charge in [-0.3, -0.25) is 0 Å². The zero-order chi connectivity index (χ0) is 12.7. The van der Waals surface area contributed by atoms with Crippen LogP contribution in [0.4, 0.5) is 0 Å². The summed E-state index contributed by atoms with van der Waals surface area (Å²) in [5.41, 5.74) is 2.63. The maximum atomic E-state index is 3.56. The first-order valence-electron chi connectivity index (χ1n) is 6.07. The molecule has 3 aromatic rings. The molecule has 3 rings (SSSR count). The Labute approximate surface area is 123 Å². The number of hydrogen-bond acceptors (Lipinski definition) is 0. The van der Waals surface area contributed by atoms with E-state index in [0.717, 1.165) is 21.9 Å². The summed E-state index contributed by atoms with van der Waals surface area (Å²) < 4.78 is 4.67. The molecule has 0 spiro atoms. The number of rotatable bonds is 2. The molecule has 0 amide bonds. The third-order valence-electron chi connectivity index (χ3n) is 3.24. The number of fused-ring (bicyclic) bond motifs is 3. The Morgan fingerprint density at radius 1 is 0.889 bits per heavy atom. The van der Waals surface area contributed by atoms with Crippen molar-refractivity contribution in [2.75, 3.05) is 0 Å². The fourth-order valence-corrected chi connectivity index (χ4v) is 3.24. The molecule has 1 aromatic heterocycles. The second kappa shape index (κ2) is 4.71. The molecule has 92 valence electrons. The average Bonchev–Trinajstić information content (AvgIpc) is 2.64. The summed E-state index contributed by atoms with van der Waals surface area (Å²) in [4.78, 5) is 0. The average molecular weight is 367 g/mol. The van der Waals surface area contributed by atoms with Gasteiger partial charge in [0, 0.05) is 37.3 Å². The van der Waals surface area contributed by atoms with Crippen molar-refractivity contribution in [2.24, 2.45) is 0 Å². The minimum atomic E-state index is 1.06. The first-order chi connectivity index (χ1) is 8.70. The lowest BCUT2D eigenvalue weighted by atomic mass is 10.2. The highest BCUT2D eigenvalue weighted by Crippen LogP contribution is 2.33. The molecule has 0 saturated heterocycles. The van der Waals surface area contributed by atoms with E-state index >= 15 is 0 Å². The zero-order valence-corrected chi connectivity index (χ0v) is 13.3. The van der Waals surface area contributed by atoms with Crippen molar-refractivity contribution in [1.82, 2.24) is 4.57 Å². The molecule has 0 N–H and O–H groups in total. The standard InChI is InChI=1S/C15H13Br2N/c1-2-7-18-14-5-3-10(16)8-12(14)13-9-11(17)4-6-15(13)18/h3-6,8-9H,2,7H2,1H3. The van der Waals surface area contributed by atoms with Gasteiger partial charge in [0.05, 0.1) is 0 Å². The molecular formula is C15H13Br2N. The predicted octanol–water partition coefficient (Wildman–Crippen LogP) is 5.73. The van der Waals surface area contributed by atoms with Gasteiger partial charge < -0.3 is 4.57 Å². The van der Waals surface area contributed by atoms with Crippen LogP contribution in [0, 0.1) is 0 Å². The van der Waals surface area contributed by atoms with Crippen LogP contribution in [0.1, 0.15) is 13.3 Å². The number of nitrogens with zero attached hydrogens (tertiary/aromatic N) is 1. The Hall–Kier alpha value is -0.800. The first-order valence-corrected chi connectivity index (χ1v) is 7.66. The minimum absolute atomic E-state index is 1.06. The van der Waals surface area contributed by atoms with Crippen molar-refractivity contribution in [3.8, 4) is 0 Å². The maximum Gasteiger partial charge on any atom is 0.0492 e. The fourth-order valence-electron chi connectivity index (χ4n) is 2.51. The number of aromatic nitrogens is 1. The molecule has 2 aromatic carbocycles. The van der Waals surface area contributed by atoms with E-state index in [4.69, 9.17) is 0 Å². The molecule has 0 atom stereocenters. The van der Waals surface area contributed by atoms with Crippen molar-refractivity contribution in [3.05, 3.63) is 45.3 Å². The second-order valence-corrected chi connectivity index (χ2v) is 6.31. The van der Waals surface area contributed by atoms with Gasteiger partial charge in [-0.1, -0.05) is 38.8 Å². The third kappa shape index (κ3) is 1.90. The smallest absolute Gasteiger partial charge is 0.0492 e. The topological polar surface area (TPSA) is 4.93 Å². The Kier molecular flexibility index (Phi) is 3.20. The maximum absolute atomic E-state index is 3.56. The van der Waals surface area contributed by atoms with E-state index in [1.54, 1.807) is 0 Å². The van der Waals surface area contributed by atoms with Gasteiger partial charge in [-0.15, -0.1) is 0 Å². The van der Waals surface area contributed by atoms with Crippen molar-refractivity contribution in [2.45, 2.75) is 19.9 Å². The molecule has 0 aliphatic carbocycles. The Morgan fingerprint density at radius 2 is 1.39 bits per heavy atom. The Morgan fingerprint density at radius 3 is 1.83 bits per heavy atom. The van der Waals surface area contributed by atoms with Crippen molar-refractivity contribution < 1.29 is 0 Å². The summed E-state index contributed by atoms with van der Waals surface area (Å²) in [6.45, 7) is 3.28. The summed E-state index contributed by atoms with van der Waals surface area (Å²) in [7, 11) is 0. The number of halogens is 2. The van der Waals surface area contributed by atoms with Crippen LogP contribution in [0.15, 0.2) is 45.3 Å². The van der Waals surface area contributed by atoms with Gasteiger partial charge in [0.1, 0.15) is 0 Å². The minimum Gasteiger partial charge on any atom is -0.340 e. The molecule has 0 aliphatic heterocycles. The predicted molar refractivity (Wildman–Crippen MR) is 85.1 cm³/mol. The normalized spacial score (nSPS) is 11.5. The molecule has 1 heterocycles. The van der Waals surface area contributed by atoms with Crippen LogP contribution in [0.5, 0.6) is 0 Å². The van der Waals surface area contributed by atoms with Crippen LogP contribution in [-0.2, 0) is 6.54 Å². The Bertz CT molecular complexity index is 669. The summed E-state index contributed by atoms with van der Waals surface area (Å²) in [6.07, 6.45) is 1.14. The highest BCUT2D eigenvalue weighted by atomic mass is 79.9. The van der Waals surface area contributed by atoms with E-state index in [9.17, 15) is 0 Å². The Balaban J connectivity index is 2.48. The third-order valence-corrected chi connectivity index (χ3v) is 4.22. The van der Waals surface area contributed by atoms with E-state index in [1.165, 1.54) is 21.8 Å². The number of hydrogen-bond donors (Lipinski definition) is 0. The fraction of sp³-hybridized carbons (Fsp3) is 0.200. The van der Waals surface area contributed by atoms with Crippen LogP contribution in [0.3, 0.4) is 0 Å². The largest absolute Gasteiger partial charge is 0.340 e. The van der Waals surface area contributed by atoms with E-state index in [2.05, 4.69) is 79.7 Å². The summed E-state index contributed by atoms with van der Waals surface area (Å²) >= 11 is 7.13. The van der Waals surface area contributed by atoms with Gasteiger partial charge >= 0.3 is 0 Å². The summed E-state index contributed by atoms with van der Waals surface area (Å²) in [6, 6.07) is 13.0. The highest BCUT2D eigenvalue weighted by molar-refractivity contribution is 9.10. The first kappa shape index (κ1) is 12.2. The van der Waals surface area contributed by atoms with Crippen molar-refractivity contribution >= 4 is 53.7 Å². The quantitative estimate of drug-likeness (QED) is 0.545. The van der Waals surface area contributed by atoms with Crippen LogP contribution in [0.25, 0.3) is 21.8 Å². The molecule has 0 unspecified atom stereocenters. The molecule has 0 aliphatic rings. The van der Waals surface area contributed by atoms with Gasteiger partial charge in [-0.05, 0) is 42.8 Å². The lowest BCUT2D eigenvalue weighted by molar-refractivity contribution is 0.724. The monoisotopic (exact) mass is 365 g/mol. The summed E-state index contributed by atoms with van der Waals surface area (Å²) in [5.74, 6) is 0. The van der Waals surface area contributed by atoms with E-state index in [0.29, 0.717) is 0 Å². The summed E-state index contributed by atoms with van der Waals surface area (Å²) in [5, 5.41) is 2.63. The lowest BCUT2D eigenvalue weighted by Crippen LogP contribution is -1.95. The van der Waals surface area contributed by atoms with Gasteiger partial charge in [-0.2, -0.15) is 0 Å². The van der Waals surface area contributed by atoms with Crippen molar-refractivity contribution in [3.63, 3.8) is 0 Å².